The monoisotopic (exact) mass is 343 g/mol. The van der Waals surface area contributed by atoms with Crippen LogP contribution < -0.4 is 10.1 Å². The quantitative estimate of drug-likeness (QED) is 0.615. The number of amides is 1. The van der Waals surface area contributed by atoms with Crippen LogP contribution >= 0.6 is 11.3 Å². The minimum atomic E-state index is -0.352. The highest BCUT2D eigenvalue weighted by Gasteiger charge is 2.11. The first-order chi connectivity index (χ1) is 11.6. The molecule has 0 fully saturated rings. The van der Waals surface area contributed by atoms with Crippen molar-refractivity contribution in [3.8, 4) is 27.8 Å². The van der Waals surface area contributed by atoms with E-state index in [1.54, 1.807) is 18.2 Å². The third-order valence-corrected chi connectivity index (χ3v) is 3.89. The van der Waals surface area contributed by atoms with Crippen LogP contribution in [0.1, 0.15) is 0 Å². The zero-order valence-corrected chi connectivity index (χ0v) is 13.2. The molecule has 0 saturated carbocycles. The third kappa shape index (κ3) is 3.79. The van der Waals surface area contributed by atoms with Crippen LogP contribution in [0.15, 0.2) is 48.5 Å². The van der Waals surface area contributed by atoms with Gasteiger partial charge in [0.2, 0.25) is 5.13 Å². The van der Waals surface area contributed by atoms with E-state index in [-0.39, 0.29) is 24.0 Å². The molecule has 24 heavy (non-hydrogen) atoms. The zero-order valence-electron chi connectivity index (χ0n) is 12.3. The predicted molar refractivity (Wildman–Crippen MR) is 89.2 cm³/mol. The second kappa shape index (κ2) is 6.97. The predicted octanol–water partition coefficient (Wildman–Crippen LogP) is 2.63. The molecule has 0 radical (unpaired) electrons. The summed E-state index contributed by atoms with van der Waals surface area (Å²) in [5, 5.41) is 30.1. The molecule has 1 aromatic heterocycles. The topological polar surface area (TPSA) is 105 Å². The highest BCUT2D eigenvalue weighted by atomic mass is 32.1. The molecule has 0 bridgehead atoms. The summed E-state index contributed by atoms with van der Waals surface area (Å²) in [6, 6.07) is 13.3. The zero-order chi connectivity index (χ0) is 16.9. The highest BCUT2D eigenvalue weighted by Crippen LogP contribution is 2.32. The number of carbonyl (C=O) groups excluding carboxylic acids is 1. The van der Waals surface area contributed by atoms with E-state index in [9.17, 15) is 15.0 Å². The summed E-state index contributed by atoms with van der Waals surface area (Å²) in [7, 11) is 0. The average Bonchev–Trinajstić information content (AvgIpc) is 3.05. The molecule has 3 aromatic rings. The number of rotatable bonds is 5. The second-order valence-electron chi connectivity index (χ2n) is 4.77. The van der Waals surface area contributed by atoms with E-state index in [1.807, 2.05) is 18.2 Å². The van der Waals surface area contributed by atoms with E-state index in [0.717, 1.165) is 11.3 Å². The van der Waals surface area contributed by atoms with Crippen LogP contribution in [0.2, 0.25) is 0 Å². The van der Waals surface area contributed by atoms with Gasteiger partial charge in [-0.25, -0.2) is 0 Å². The van der Waals surface area contributed by atoms with Crippen molar-refractivity contribution in [1.29, 1.82) is 0 Å². The molecule has 0 spiro atoms. The van der Waals surface area contributed by atoms with Gasteiger partial charge in [-0.2, -0.15) is 0 Å². The lowest BCUT2D eigenvalue weighted by atomic mass is 10.2. The summed E-state index contributed by atoms with van der Waals surface area (Å²) in [4.78, 5) is 11.9. The minimum absolute atomic E-state index is 0.140. The Balaban J connectivity index is 1.61. The number of benzene rings is 2. The number of carbonyl (C=O) groups is 1. The molecule has 3 rings (SSSR count). The number of aromatic nitrogens is 2. The van der Waals surface area contributed by atoms with Gasteiger partial charge < -0.3 is 14.9 Å². The van der Waals surface area contributed by atoms with Crippen molar-refractivity contribution in [3.63, 3.8) is 0 Å². The maximum atomic E-state index is 11.9. The van der Waals surface area contributed by atoms with Gasteiger partial charge in [0.15, 0.2) is 18.1 Å². The summed E-state index contributed by atoms with van der Waals surface area (Å²) in [5.41, 5.74) is 0.587. The largest absolute Gasteiger partial charge is 0.504 e. The molecule has 8 heteroatoms. The van der Waals surface area contributed by atoms with E-state index < -0.39 is 0 Å². The van der Waals surface area contributed by atoms with Crippen LogP contribution in [0.3, 0.4) is 0 Å². The van der Waals surface area contributed by atoms with Gasteiger partial charge >= 0.3 is 0 Å². The van der Waals surface area contributed by atoms with E-state index in [4.69, 9.17) is 4.74 Å². The minimum Gasteiger partial charge on any atom is -0.504 e. The summed E-state index contributed by atoms with van der Waals surface area (Å²) in [6.07, 6.45) is 0. The van der Waals surface area contributed by atoms with Crippen molar-refractivity contribution >= 4 is 22.4 Å². The van der Waals surface area contributed by atoms with Crippen molar-refractivity contribution in [2.75, 3.05) is 11.9 Å². The summed E-state index contributed by atoms with van der Waals surface area (Å²) in [5.74, 6) is -0.209. The Labute approximate surface area is 141 Å². The van der Waals surface area contributed by atoms with Gasteiger partial charge in [0, 0.05) is 5.56 Å². The van der Waals surface area contributed by atoms with Gasteiger partial charge in [-0.05, 0) is 30.3 Å². The maximum Gasteiger partial charge on any atom is 0.264 e. The molecular formula is C16H13N3O4S. The number of nitrogens with zero attached hydrogens (tertiary/aromatic N) is 2. The fourth-order valence-electron chi connectivity index (χ4n) is 1.87. The number of nitrogens with one attached hydrogen (secondary N) is 1. The highest BCUT2D eigenvalue weighted by molar-refractivity contribution is 7.18. The van der Waals surface area contributed by atoms with Crippen molar-refractivity contribution in [3.05, 3.63) is 48.5 Å². The number of phenolic OH excluding ortho intramolecular Hbond substituents is 2. The van der Waals surface area contributed by atoms with E-state index in [2.05, 4.69) is 15.5 Å². The molecule has 0 unspecified atom stereocenters. The molecule has 122 valence electrons. The molecule has 0 aliphatic carbocycles. The number of aromatic hydroxyl groups is 2. The summed E-state index contributed by atoms with van der Waals surface area (Å²) in [6.45, 7) is -0.140. The molecule has 2 aromatic carbocycles. The smallest absolute Gasteiger partial charge is 0.264 e. The van der Waals surface area contributed by atoms with Gasteiger partial charge in [0.1, 0.15) is 10.8 Å². The number of phenols is 2. The Morgan fingerprint density at radius 3 is 2.62 bits per heavy atom. The van der Waals surface area contributed by atoms with Crippen LogP contribution in [-0.4, -0.2) is 32.9 Å². The Bertz CT molecular complexity index is 852. The van der Waals surface area contributed by atoms with Crippen molar-refractivity contribution in [1.82, 2.24) is 10.2 Å². The number of hydrogen-bond donors (Lipinski definition) is 3. The molecule has 0 atom stereocenters. The lowest BCUT2D eigenvalue weighted by molar-refractivity contribution is -0.118. The molecule has 1 heterocycles. The Kier molecular flexibility index (Phi) is 4.57. The number of ether oxygens (including phenoxy) is 1. The third-order valence-electron chi connectivity index (χ3n) is 3.01. The molecule has 0 aliphatic rings. The van der Waals surface area contributed by atoms with Crippen LogP contribution in [0.25, 0.3) is 10.6 Å². The fraction of sp³-hybridized carbons (Fsp3) is 0.0625. The van der Waals surface area contributed by atoms with Crippen LogP contribution in [0.4, 0.5) is 5.13 Å². The lowest BCUT2D eigenvalue weighted by Crippen LogP contribution is -2.20. The SMILES string of the molecule is O=C(COc1ccccc1)Nc1nnc(-c2ccc(O)c(O)c2)s1. The van der Waals surface area contributed by atoms with Gasteiger partial charge in [-0.15, -0.1) is 10.2 Å². The second-order valence-corrected chi connectivity index (χ2v) is 5.74. The molecule has 7 nitrogen and oxygen atoms in total. The standard InChI is InChI=1S/C16H13N3O4S/c20-12-7-6-10(8-13(12)21)15-18-19-16(24-15)17-14(22)9-23-11-4-2-1-3-5-11/h1-8,20-21H,9H2,(H,17,19,22). The Morgan fingerprint density at radius 2 is 1.88 bits per heavy atom. The summed E-state index contributed by atoms with van der Waals surface area (Å²) < 4.78 is 5.34. The van der Waals surface area contributed by atoms with E-state index >= 15 is 0 Å². The van der Waals surface area contributed by atoms with Crippen molar-refractivity contribution < 1.29 is 19.7 Å². The fourth-order valence-corrected chi connectivity index (χ4v) is 2.62. The average molecular weight is 343 g/mol. The van der Waals surface area contributed by atoms with Gasteiger partial charge in [-0.1, -0.05) is 29.5 Å². The van der Waals surface area contributed by atoms with Crippen LogP contribution in [0.5, 0.6) is 17.2 Å². The van der Waals surface area contributed by atoms with Gasteiger partial charge in [0.05, 0.1) is 0 Å². The molecule has 0 aliphatic heterocycles. The summed E-state index contributed by atoms with van der Waals surface area (Å²) >= 11 is 1.15. The van der Waals surface area contributed by atoms with Gasteiger partial charge in [0.25, 0.3) is 5.91 Å². The maximum absolute atomic E-state index is 11.9. The molecular weight excluding hydrogens is 330 g/mol. The number of para-hydroxylation sites is 1. The Hall–Kier alpha value is -3.13. The van der Waals surface area contributed by atoms with Gasteiger partial charge in [-0.3, -0.25) is 10.1 Å². The molecule has 1 amide bonds. The first kappa shape index (κ1) is 15.8. The van der Waals surface area contributed by atoms with Crippen LogP contribution in [-0.2, 0) is 4.79 Å². The molecule has 0 saturated heterocycles. The number of hydrogen-bond acceptors (Lipinski definition) is 7. The first-order valence-corrected chi connectivity index (χ1v) is 7.77. The normalized spacial score (nSPS) is 10.3. The van der Waals surface area contributed by atoms with E-state index in [1.165, 1.54) is 12.1 Å². The van der Waals surface area contributed by atoms with Crippen molar-refractivity contribution in [2.45, 2.75) is 0 Å². The van der Waals surface area contributed by atoms with Crippen LogP contribution in [0, 0.1) is 0 Å². The Morgan fingerprint density at radius 1 is 1.08 bits per heavy atom. The van der Waals surface area contributed by atoms with Crippen molar-refractivity contribution in [2.24, 2.45) is 0 Å². The van der Waals surface area contributed by atoms with E-state index in [0.29, 0.717) is 21.5 Å². The number of anilines is 1. The molecule has 3 N–H and O–H groups in total. The first-order valence-electron chi connectivity index (χ1n) is 6.95. The lowest BCUT2D eigenvalue weighted by Gasteiger charge is -2.04.